The van der Waals surface area contributed by atoms with Crippen molar-refractivity contribution < 1.29 is 20.3 Å². The summed E-state index contributed by atoms with van der Waals surface area (Å²) >= 11 is 0. The van der Waals surface area contributed by atoms with E-state index in [-0.39, 0.29) is 17.3 Å². The fourth-order valence-electron chi connectivity index (χ4n) is 1.86. The van der Waals surface area contributed by atoms with Crippen LogP contribution in [-0.4, -0.2) is 33.1 Å². The summed E-state index contributed by atoms with van der Waals surface area (Å²) in [6.45, 7) is 4.47. The van der Waals surface area contributed by atoms with Gasteiger partial charge in [-0.05, 0) is 58.1 Å². The number of rotatable bonds is 2. The molecule has 0 bridgehead atoms. The highest BCUT2D eigenvalue weighted by molar-refractivity contribution is 6.62. The highest BCUT2D eigenvalue weighted by atomic mass is 16.7. The van der Waals surface area contributed by atoms with Crippen molar-refractivity contribution in [2.75, 3.05) is 0 Å². The van der Waals surface area contributed by atoms with Gasteiger partial charge in [0.2, 0.25) is 0 Å². The number of hydrogen-bond donors (Lipinski definition) is 0. The van der Waals surface area contributed by atoms with Gasteiger partial charge in [-0.1, -0.05) is 0 Å². The summed E-state index contributed by atoms with van der Waals surface area (Å²) < 4.78 is 75.5. The lowest BCUT2D eigenvalue weighted by molar-refractivity contribution is 0.00578. The Bertz CT molecular complexity index is 973. The molecule has 1 fully saturated rings. The van der Waals surface area contributed by atoms with Crippen LogP contribution in [0.25, 0.3) is 5.82 Å². The molecule has 1 aliphatic heterocycles. The highest BCUT2D eigenvalue weighted by Gasteiger charge is 2.51. The molecule has 0 amide bonds. The molecule has 0 N–H and O–H groups in total. The van der Waals surface area contributed by atoms with Gasteiger partial charge >= 0.3 is 7.12 Å². The normalized spacial score (nSPS) is 26.0. The van der Waals surface area contributed by atoms with Crippen molar-refractivity contribution in [1.82, 2.24) is 14.8 Å². The maximum absolute atomic E-state index is 8.51. The predicted molar refractivity (Wildman–Crippen MR) is 81.8 cm³/mol. The summed E-state index contributed by atoms with van der Waals surface area (Å²) in [6.07, 6.45) is -1.10. The smallest absolute Gasteiger partial charge is 0.399 e. The Balaban J connectivity index is 2.21. The van der Waals surface area contributed by atoms with Gasteiger partial charge < -0.3 is 9.31 Å². The standard InChI is InChI=1S/C15H20BN3O2/c1-11-7-9-19(18-11)13-10-12(6-8-17-13)16-20-14(2,3)15(4,5)21-16/h6-10H,1-5H3/i1D3,6D,7D,8D,9D,10D. The molecule has 1 aliphatic rings. The minimum Gasteiger partial charge on any atom is -0.399 e. The van der Waals surface area contributed by atoms with Crippen molar-refractivity contribution in [2.45, 2.75) is 45.7 Å². The fourth-order valence-corrected chi connectivity index (χ4v) is 1.86. The van der Waals surface area contributed by atoms with E-state index in [1.807, 2.05) is 0 Å². The molecule has 5 nitrogen and oxygen atoms in total. The molecule has 6 heteroatoms. The molecule has 21 heavy (non-hydrogen) atoms. The van der Waals surface area contributed by atoms with Gasteiger partial charge in [-0.3, -0.25) is 0 Å². The second-order valence-electron chi connectivity index (χ2n) is 5.80. The summed E-state index contributed by atoms with van der Waals surface area (Å²) in [5.41, 5.74) is -2.19. The molecule has 0 spiro atoms. The Labute approximate surface area is 136 Å². The van der Waals surface area contributed by atoms with Gasteiger partial charge in [0.1, 0.15) is 0 Å². The third kappa shape index (κ3) is 2.49. The highest BCUT2D eigenvalue weighted by Crippen LogP contribution is 2.36. The van der Waals surface area contributed by atoms with E-state index in [2.05, 4.69) is 10.1 Å². The Kier molecular flexibility index (Phi) is 1.68. The fraction of sp³-hybridized carbons (Fsp3) is 0.467. The lowest BCUT2D eigenvalue weighted by Crippen LogP contribution is -2.41. The molecule has 0 aromatic carbocycles. The van der Waals surface area contributed by atoms with Crippen LogP contribution < -0.4 is 5.46 Å². The molecule has 0 radical (unpaired) electrons. The molecular weight excluding hydrogens is 265 g/mol. The molecule has 0 aliphatic carbocycles. The van der Waals surface area contributed by atoms with Crippen LogP contribution in [0.4, 0.5) is 0 Å². The van der Waals surface area contributed by atoms with Crippen molar-refractivity contribution >= 4 is 12.6 Å². The second-order valence-corrected chi connectivity index (χ2v) is 5.80. The van der Waals surface area contributed by atoms with Crippen molar-refractivity contribution in [2.24, 2.45) is 0 Å². The van der Waals surface area contributed by atoms with Crippen molar-refractivity contribution in [3.8, 4) is 5.82 Å². The third-order valence-electron chi connectivity index (χ3n) is 3.77. The topological polar surface area (TPSA) is 49.2 Å². The van der Waals surface area contributed by atoms with Gasteiger partial charge in [-0.25, -0.2) is 9.67 Å². The zero-order chi connectivity index (χ0) is 22.1. The third-order valence-corrected chi connectivity index (χ3v) is 3.77. The number of hydrogen-bond acceptors (Lipinski definition) is 4. The Morgan fingerprint density at radius 2 is 1.95 bits per heavy atom. The molecule has 3 rings (SSSR count). The van der Waals surface area contributed by atoms with E-state index >= 15 is 0 Å². The number of nitrogens with zero attached hydrogens (tertiary/aromatic N) is 3. The molecule has 0 unspecified atom stereocenters. The SMILES string of the molecule is [2H]c1nc(-n2nc(C([2H])([2H])[2H])c([2H])c2[2H])c([2H])c(B2OC(C)(C)C(C)(C)O2)c1[2H]. The van der Waals surface area contributed by atoms with Crippen molar-refractivity contribution in [3.05, 3.63) is 36.2 Å². The molecular formula is C15H20BN3O2. The first kappa shape index (κ1) is 7.56. The average molecular weight is 293 g/mol. The van der Waals surface area contributed by atoms with Gasteiger partial charge in [0.15, 0.2) is 5.82 Å². The zero-order valence-electron chi connectivity index (χ0n) is 20.2. The summed E-state index contributed by atoms with van der Waals surface area (Å²) in [4.78, 5) is 3.84. The van der Waals surface area contributed by atoms with Gasteiger partial charge in [0, 0.05) is 16.5 Å². The summed E-state index contributed by atoms with van der Waals surface area (Å²) in [7, 11) is -1.13. The number of aromatic nitrogens is 3. The summed E-state index contributed by atoms with van der Waals surface area (Å²) in [5, 5.41) is 3.78. The van der Waals surface area contributed by atoms with Crippen LogP contribution in [0, 0.1) is 6.85 Å². The van der Waals surface area contributed by atoms with E-state index in [1.165, 1.54) is 0 Å². The van der Waals surface area contributed by atoms with E-state index in [0.29, 0.717) is 0 Å². The molecule has 1 saturated heterocycles. The van der Waals surface area contributed by atoms with E-state index in [0.717, 1.165) is 4.68 Å². The first-order chi connectivity index (χ1) is 13.1. The maximum Gasteiger partial charge on any atom is 0.495 e. The van der Waals surface area contributed by atoms with Crippen LogP contribution in [0.3, 0.4) is 0 Å². The first-order valence-corrected chi connectivity index (χ1v) is 6.49. The summed E-state index contributed by atoms with van der Waals surface area (Å²) in [6, 6.07) is -1.39. The Morgan fingerprint density at radius 3 is 2.57 bits per heavy atom. The monoisotopic (exact) mass is 293 g/mol. The predicted octanol–water partition coefficient (Wildman–Crippen LogP) is 1.87. The number of pyridine rings is 1. The maximum atomic E-state index is 8.51. The van der Waals surface area contributed by atoms with Crippen LogP contribution in [-0.2, 0) is 9.31 Å². The van der Waals surface area contributed by atoms with Crippen LogP contribution in [0.5, 0.6) is 0 Å². The first-order valence-electron chi connectivity index (χ1n) is 10.5. The minimum absolute atomic E-state index is 0.0736. The second kappa shape index (κ2) is 4.68. The molecule has 110 valence electrons. The minimum atomic E-state index is -2.73. The molecule has 3 heterocycles. The van der Waals surface area contributed by atoms with E-state index in [4.69, 9.17) is 20.3 Å². The van der Waals surface area contributed by atoms with Crippen LogP contribution in [0.2, 0.25) is 0 Å². The van der Waals surface area contributed by atoms with E-state index in [9.17, 15) is 0 Å². The quantitative estimate of drug-likeness (QED) is 0.793. The molecule has 2 aromatic rings. The Hall–Kier alpha value is -1.66. The van der Waals surface area contributed by atoms with Crippen molar-refractivity contribution in [1.29, 1.82) is 0 Å². The van der Waals surface area contributed by atoms with Crippen LogP contribution in [0.15, 0.2) is 30.5 Å². The van der Waals surface area contributed by atoms with Gasteiger partial charge in [0.05, 0.1) is 23.7 Å². The Morgan fingerprint density at radius 1 is 1.24 bits per heavy atom. The molecule has 0 atom stereocenters. The molecule has 0 saturated carbocycles. The summed E-state index contributed by atoms with van der Waals surface area (Å²) in [5.74, 6) is -0.343. The van der Waals surface area contributed by atoms with Crippen LogP contribution >= 0.6 is 0 Å². The lowest BCUT2D eigenvalue weighted by Gasteiger charge is -2.32. The number of aryl methyl sites for hydroxylation is 1. The lowest BCUT2D eigenvalue weighted by atomic mass is 9.80. The van der Waals surface area contributed by atoms with Gasteiger partial charge in [-0.2, -0.15) is 5.10 Å². The van der Waals surface area contributed by atoms with Crippen molar-refractivity contribution in [3.63, 3.8) is 0 Å². The van der Waals surface area contributed by atoms with Gasteiger partial charge in [-0.15, -0.1) is 0 Å². The van der Waals surface area contributed by atoms with E-state index in [1.54, 1.807) is 27.7 Å². The van der Waals surface area contributed by atoms with E-state index < -0.39 is 55.3 Å². The molecule has 2 aromatic heterocycles. The van der Waals surface area contributed by atoms with Gasteiger partial charge in [0.25, 0.3) is 0 Å². The van der Waals surface area contributed by atoms with Crippen LogP contribution in [0.1, 0.15) is 44.4 Å². The average Bonchev–Trinajstić information content (AvgIpc) is 2.96. The zero-order valence-corrected chi connectivity index (χ0v) is 12.2. The largest absolute Gasteiger partial charge is 0.495 e.